The highest BCUT2D eigenvalue weighted by atomic mass is 32.2. The summed E-state index contributed by atoms with van der Waals surface area (Å²) < 4.78 is 29.0. The SMILES string of the molecule is O=S(=O)(c1ccccc1)n1c2ccccc2c2nc(-c3ccccc3)c(-c3ccccc3)nc21. The third-order valence-corrected chi connectivity index (χ3v) is 7.54. The minimum absolute atomic E-state index is 0.202. The van der Waals surface area contributed by atoms with Crippen LogP contribution in [0.3, 0.4) is 0 Å². The zero-order chi connectivity index (χ0) is 23.1. The third-order valence-electron chi connectivity index (χ3n) is 5.82. The summed E-state index contributed by atoms with van der Waals surface area (Å²) in [6.07, 6.45) is 0. The summed E-state index contributed by atoms with van der Waals surface area (Å²) in [5.74, 6) is 0. The van der Waals surface area contributed by atoms with Crippen molar-refractivity contribution in [3.8, 4) is 22.5 Å². The molecule has 0 amide bonds. The van der Waals surface area contributed by atoms with Gasteiger partial charge < -0.3 is 0 Å². The molecule has 0 aliphatic carbocycles. The molecule has 5 nitrogen and oxygen atoms in total. The molecule has 0 radical (unpaired) electrons. The molecule has 0 aliphatic rings. The van der Waals surface area contributed by atoms with E-state index >= 15 is 0 Å². The molecule has 0 spiro atoms. The molecule has 4 aromatic carbocycles. The zero-order valence-corrected chi connectivity index (χ0v) is 18.9. The molecule has 6 rings (SSSR count). The summed E-state index contributed by atoms with van der Waals surface area (Å²) in [6, 6.07) is 35.4. The van der Waals surface area contributed by atoms with Gasteiger partial charge in [-0.05, 0) is 18.2 Å². The molecule has 34 heavy (non-hydrogen) atoms. The second-order valence-corrected chi connectivity index (χ2v) is 9.71. The molecule has 0 saturated heterocycles. The first-order valence-electron chi connectivity index (χ1n) is 10.9. The summed E-state index contributed by atoms with van der Waals surface area (Å²) >= 11 is 0. The third kappa shape index (κ3) is 3.19. The van der Waals surface area contributed by atoms with Gasteiger partial charge in [0, 0.05) is 16.5 Å². The van der Waals surface area contributed by atoms with Crippen molar-refractivity contribution in [2.24, 2.45) is 0 Å². The lowest BCUT2D eigenvalue weighted by Gasteiger charge is -2.12. The lowest BCUT2D eigenvalue weighted by atomic mass is 10.0. The van der Waals surface area contributed by atoms with Gasteiger partial charge in [-0.1, -0.05) is 97.1 Å². The quantitative estimate of drug-likeness (QED) is 0.316. The molecule has 164 valence electrons. The van der Waals surface area contributed by atoms with Crippen molar-refractivity contribution in [1.82, 2.24) is 13.9 Å². The minimum atomic E-state index is -3.91. The number of nitrogens with zero attached hydrogens (tertiary/aromatic N) is 3. The van der Waals surface area contributed by atoms with E-state index in [1.807, 2.05) is 78.9 Å². The molecular weight excluding hydrogens is 442 g/mol. The highest BCUT2D eigenvalue weighted by Crippen LogP contribution is 2.36. The highest BCUT2D eigenvalue weighted by Gasteiger charge is 2.26. The number of rotatable bonds is 4. The van der Waals surface area contributed by atoms with E-state index in [0.29, 0.717) is 28.1 Å². The smallest absolute Gasteiger partial charge is 0.241 e. The van der Waals surface area contributed by atoms with Gasteiger partial charge in [0.15, 0.2) is 5.65 Å². The van der Waals surface area contributed by atoms with Crippen LogP contribution in [0.4, 0.5) is 0 Å². The van der Waals surface area contributed by atoms with Gasteiger partial charge in [0.05, 0.1) is 21.8 Å². The van der Waals surface area contributed by atoms with Crippen molar-refractivity contribution in [3.63, 3.8) is 0 Å². The van der Waals surface area contributed by atoms with Crippen molar-refractivity contribution < 1.29 is 8.42 Å². The molecule has 0 aliphatic heterocycles. The Morgan fingerprint density at radius 2 is 1.06 bits per heavy atom. The molecule has 0 fully saturated rings. The van der Waals surface area contributed by atoms with Crippen molar-refractivity contribution in [2.75, 3.05) is 0 Å². The van der Waals surface area contributed by atoms with Gasteiger partial charge in [-0.15, -0.1) is 0 Å². The van der Waals surface area contributed by atoms with Crippen LogP contribution in [0.15, 0.2) is 120 Å². The Labute approximate surface area is 197 Å². The van der Waals surface area contributed by atoms with E-state index in [0.717, 1.165) is 16.5 Å². The van der Waals surface area contributed by atoms with Gasteiger partial charge in [-0.2, -0.15) is 0 Å². The second-order valence-electron chi connectivity index (χ2n) is 7.92. The van der Waals surface area contributed by atoms with Crippen LogP contribution >= 0.6 is 0 Å². The Balaban J connectivity index is 1.77. The van der Waals surface area contributed by atoms with E-state index in [9.17, 15) is 8.42 Å². The fourth-order valence-corrected chi connectivity index (χ4v) is 5.73. The fraction of sp³-hybridized carbons (Fsp3) is 0. The predicted octanol–water partition coefficient (Wildman–Crippen LogP) is 6.16. The molecule has 6 heteroatoms. The largest absolute Gasteiger partial charge is 0.269 e. The van der Waals surface area contributed by atoms with E-state index in [4.69, 9.17) is 9.97 Å². The summed E-state index contributed by atoms with van der Waals surface area (Å²) in [7, 11) is -3.91. The number of para-hydroxylation sites is 1. The summed E-state index contributed by atoms with van der Waals surface area (Å²) in [5, 5.41) is 0.737. The maximum absolute atomic E-state index is 13.8. The Morgan fingerprint density at radius 1 is 0.559 bits per heavy atom. The highest BCUT2D eigenvalue weighted by molar-refractivity contribution is 7.90. The van der Waals surface area contributed by atoms with E-state index in [2.05, 4.69) is 0 Å². The lowest BCUT2D eigenvalue weighted by molar-refractivity contribution is 0.590. The Bertz CT molecular complexity index is 1750. The number of hydrogen-bond acceptors (Lipinski definition) is 4. The predicted molar refractivity (Wildman–Crippen MR) is 135 cm³/mol. The second kappa shape index (κ2) is 7.93. The van der Waals surface area contributed by atoms with Gasteiger partial charge in [0.1, 0.15) is 5.52 Å². The van der Waals surface area contributed by atoms with Crippen LogP contribution in [0.25, 0.3) is 44.6 Å². The summed E-state index contributed by atoms with van der Waals surface area (Å²) in [6.45, 7) is 0. The molecule has 0 atom stereocenters. The van der Waals surface area contributed by atoms with Gasteiger partial charge in [0.2, 0.25) is 0 Å². The number of fused-ring (bicyclic) bond motifs is 3. The molecule has 0 unspecified atom stereocenters. The average molecular weight is 462 g/mol. The van der Waals surface area contributed by atoms with E-state index in [-0.39, 0.29) is 4.90 Å². The fourth-order valence-electron chi connectivity index (χ4n) is 4.25. The van der Waals surface area contributed by atoms with Gasteiger partial charge in [0.25, 0.3) is 10.0 Å². The Morgan fingerprint density at radius 3 is 1.68 bits per heavy atom. The zero-order valence-electron chi connectivity index (χ0n) is 18.0. The van der Waals surface area contributed by atoms with E-state index < -0.39 is 10.0 Å². The van der Waals surface area contributed by atoms with Crippen LogP contribution in [0.5, 0.6) is 0 Å². The van der Waals surface area contributed by atoms with Crippen molar-refractivity contribution in [3.05, 3.63) is 115 Å². The first-order valence-corrected chi connectivity index (χ1v) is 12.3. The molecule has 2 aromatic heterocycles. The van der Waals surface area contributed by atoms with Crippen LogP contribution in [-0.4, -0.2) is 22.4 Å². The van der Waals surface area contributed by atoms with Crippen LogP contribution in [0, 0.1) is 0 Å². The van der Waals surface area contributed by atoms with E-state index in [1.165, 1.54) is 3.97 Å². The van der Waals surface area contributed by atoms with Crippen LogP contribution in [0.1, 0.15) is 0 Å². The maximum atomic E-state index is 13.8. The molecule has 0 N–H and O–H groups in total. The van der Waals surface area contributed by atoms with Gasteiger partial charge in [-0.25, -0.2) is 22.4 Å². The van der Waals surface area contributed by atoms with Crippen LogP contribution in [-0.2, 0) is 10.0 Å². The minimum Gasteiger partial charge on any atom is -0.241 e. The maximum Gasteiger partial charge on any atom is 0.269 e. The Hall–Kier alpha value is -4.29. The van der Waals surface area contributed by atoms with Crippen molar-refractivity contribution in [1.29, 1.82) is 0 Å². The lowest BCUT2D eigenvalue weighted by Crippen LogP contribution is -2.13. The molecular formula is C28H19N3O2S. The number of hydrogen-bond donors (Lipinski definition) is 0. The normalized spacial score (nSPS) is 11.8. The molecule has 2 heterocycles. The summed E-state index contributed by atoms with van der Waals surface area (Å²) in [4.78, 5) is 10.2. The standard InChI is InChI=1S/C28H19N3O2S/c32-34(33,22-16-8-3-9-17-22)31-24-19-11-10-18-23(24)27-28(31)30-26(21-14-6-2-7-15-21)25(29-27)20-12-4-1-5-13-20/h1-19H. The average Bonchev–Trinajstić information content (AvgIpc) is 3.24. The molecule has 6 aromatic rings. The number of benzene rings is 4. The van der Waals surface area contributed by atoms with Gasteiger partial charge >= 0.3 is 0 Å². The molecule has 0 saturated carbocycles. The monoisotopic (exact) mass is 461 g/mol. The first-order chi connectivity index (χ1) is 16.6. The number of aromatic nitrogens is 3. The topological polar surface area (TPSA) is 64.8 Å². The van der Waals surface area contributed by atoms with Crippen molar-refractivity contribution in [2.45, 2.75) is 4.90 Å². The van der Waals surface area contributed by atoms with Crippen LogP contribution in [0.2, 0.25) is 0 Å². The summed E-state index contributed by atoms with van der Waals surface area (Å²) in [5.41, 5.74) is 4.52. The van der Waals surface area contributed by atoms with Crippen LogP contribution < -0.4 is 0 Å². The first kappa shape index (κ1) is 20.3. The van der Waals surface area contributed by atoms with E-state index in [1.54, 1.807) is 36.4 Å². The molecule has 0 bridgehead atoms. The Kier molecular flexibility index (Phi) is 4.74. The van der Waals surface area contributed by atoms with Crippen molar-refractivity contribution >= 4 is 32.1 Å². The van der Waals surface area contributed by atoms with Gasteiger partial charge in [-0.3, -0.25) is 0 Å².